The highest BCUT2D eigenvalue weighted by Gasteiger charge is 2.18. The Morgan fingerprint density at radius 2 is 1.83 bits per heavy atom. The van der Waals surface area contributed by atoms with Gasteiger partial charge in [0.2, 0.25) is 11.7 Å². The molecule has 0 spiro atoms. The third-order valence-corrected chi connectivity index (χ3v) is 5.46. The Hall–Kier alpha value is -3.33. The van der Waals surface area contributed by atoms with E-state index in [0.29, 0.717) is 33.3 Å². The molecule has 2 aromatic heterocycles. The fourth-order valence-corrected chi connectivity index (χ4v) is 3.91. The summed E-state index contributed by atoms with van der Waals surface area (Å²) in [5, 5.41) is 9.62. The molecule has 1 amide bonds. The molecule has 0 aliphatic heterocycles. The molecule has 2 aromatic carbocycles. The summed E-state index contributed by atoms with van der Waals surface area (Å²) in [5.74, 6) is 1.28. The highest BCUT2D eigenvalue weighted by atomic mass is 32.2. The van der Waals surface area contributed by atoms with Crippen LogP contribution in [0.5, 0.6) is 5.75 Å². The zero-order chi connectivity index (χ0) is 20.5. The third kappa shape index (κ3) is 3.33. The molecule has 4 aromatic rings. The number of aromatic nitrogens is 4. The lowest BCUT2D eigenvalue weighted by Gasteiger charge is -2.12. The van der Waals surface area contributed by atoms with Crippen molar-refractivity contribution in [1.82, 2.24) is 24.1 Å². The molecule has 0 aliphatic rings. The largest absolute Gasteiger partial charge is 0.497 e. The molecule has 0 aliphatic carbocycles. The van der Waals surface area contributed by atoms with E-state index in [0.717, 1.165) is 0 Å². The predicted octanol–water partition coefficient (Wildman–Crippen LogP) is 2.22. The van der Waals surface area contributed by atoms with Gasteiger partial charge in [-0.25, -0.2) is 4.57 Å². The van der Waals surface area contributed by atoms with Crippen LogP contribution in [0.4, 0.5) is 0 Å². The maximum absolute atomic E-state index is 13.2. The average molecular weight is 409 g/mol. The number of fused-ring (bicyclic) bond motifs is 3. The van der Waals surface area contributed by atoms with Gasteiger partial charge in [0, 0.05) is 14.1 Å². The van der Waals surface area contributed by atoms with E-state index >= 15 is 0 Å². The van der Waals surface area contributed by atoms with Crippen LogP contribution in [0.25, 0.3) is 22.4 Å². The molecule has 0 saturated carbocycles. The minimum atomic E-state index is -0.188. The lowest BCUT2D eigenvalue weighted by atomic mass is 10.2. The Balaban J connectivity index is 1.95. The molecule has 4 rings (SSSR count). The van der Waals surface area contributed by atoms with Crippen molar-refractivity contribution in [2.75, 3.05) is 27.0 Å². The first-order valence-electron chi connectivity index (χ1n) is 8.87. The summed E-state index contributed by atoms with van der Waals surface area (Å²) < 4.78 is 8.55. The van der Waals surface area contributed by atoms with Crippen LogP contribution in [-0.4, -0.2) is 56.9 Å². The summed E-state index contributed by atoms with van der Waals surface area (Å²) in [6, 6.07) is 14.5. The van der Waals surface area contributed by atoms with Crippen LogP contribution in [0.3, 0.4) is 0 Å². The molecule has 9 heteroatoms. The van der Waals surface area contributed by atoms with Crippen molar-refractivity contribution in [3.05, 3.63) is 58.9 Å². The predicted molar refractivity (Wildman–Crippen MR) is 112 cm³/mol. The second kappa shape index (κ2) is 7.59. The van der Waals surface area contributed by atoms with Crippen molar-refractivity contribution in [2.24, 2.45) is 0 Å². The third-order valence-electron chi connectivity index (χ3n) is 4.55. The number of carbonyl (C=O) groups is 1. The van der Waals surface area contributed by atoms with Gasteiger partial charge in [0.25, 0.3) is 5.56 Å². The van der Waals surface area contributed by atoms with Crippen LogP contribution in [0.15, 0.2) is 58.5 Å². The number of carbonyl (C=O) groups excluding carboxylic acids is 1. The molecule has 0 atom stereocenters. The van der Waals surface area contributed by atoms with Gasteiger partial charge in [-0.05, 0) is 36.4 Å². The van der Waals surface area contributed by atoms with Crippen molar-refractivity contribution in [3.63, 3.8) is 0 Å². The number of methoxy groups -OCH3 is 1. The summed E-state index contributed by atoms with van der Waals surface area (Å²) in [7, 11) is 5.01. The van der Waals surface area contributed by atoms with E-state index < -0.39 is 0 Å². The number of nitrogens with zero attached hydrogens (tertiary/aromatic N) is 5. The van der Waals surface area contributed by atoms with Crippen LogP contribution in [0, 0.1) is 0 Å². The molecule has 29 heavy (non-hydrogen) atoms. The fourth-order valence-electron chi connectivity index (χ4n) is 2.99. The van der Waals surface area contributed by atoms with Crippen LogP contribution >= 0.6 is 11.8 Å². The molecule has 2 heterocycles. The van der Waals surface area contributed by atoms with Crippen LogP contribution in [-0.2, 0) is 4.79 Å². The summed E-state index contributed by atoms with van der Waals surface area (Å²) in [6.07, 6.45) is 0. The van der Waals surface area contributed by atoms with E-state index in [9.17, 15) is 9.59 Å². The molecule has 0 unspecified atom stereocenters. The van der Waals surface area contributed by atoms with Gasteiger partial charge in [-0.2, -0.15) is 0 Å². The molecule has 0 bridgehead atoms. The summed E-state index contributed by atoms with van der Waals surface area (Å²) >= 11 is 1.29. The Morgan fingerprint density at radius 1 is 1.10 bits per heavy atom. The molecule has 0 fully saturated rings. The number of hydrogen-bond donors (Lipinski definition) is 0. The first-order valence-corrected chi connectivity index (χ1v) is 9.86. The first kappa shape index (κ1) is 19.0. The molecular formula is C20H19N5O3S. The standard InChI is InChI=1S/C20H19N5O3S/c1-23(2)17(26)12-29-20-22-21-19-24(13-8-10-14(28-3)11-9-13)18(27)15-6-4-5-7-16(15)25(19)20/h4-11H,12H2,1-3H3. The second-order valence-electron chi connectivity index (χ2n) is 6.55. The van der Waals surface area contributed by atoms with Crippen LogP contribution in [0.1, 0.15) is 0 Å². The number of rotatable bonds is 5. The molecule has 0 N–H and O–H groups in total. The van der Waals surface area contributed by atoms with E-state index in [4.69, 9.17) is 4.74 Å². The van der Waals surface area contributed by atoms with Gasteiger partial charge in [-0.15, -0.1) is 10.2 Å². The normalized spacial score (nSPS) is 11.1. The van der Waals surface area contributed by atoms with Gasteiger partial charge in [0.15, 0.2) is 5.16 Å². The zero-order valence-corrected chi connectivity index (χ0v) is 17.0. The highest BCUT2D eigenvalue weighted by Crippen LogP contribution is 2.24. The maximum Gasteiger partial charge on any atom is 0.267 e. The average Bonchev–Trinajstić information content (AvgIpc) is 3.16. The fraction of sp³-hybridized carbons (Fsp3) is 0.200. The topological polar surface area (TPSA) is 81.7 Å². The van der Waals surface area contributed by atoms with Crippen molar-refractivity contribution in [3.8, 4) is 11.4 Å². The Labute approximate surface area is 170 Å². The van der Waals surface area contributed by atoms with E-state index in [2.05, 4.69) is 10.2 Å². The van der Waals surface area contributed by atoms with Crippen molar-refractivity contribution in [1.29, 1.82) is 0 Å². The van der Waals surface area contributed by atoms with Crippen molar-refractivity contribution >= 4 is 34.3 Å². The number of para-hydroxylation sites is 1. The van der Waals surface area contributed by atoms with E-state index in [1.165, 1.54) is 21.2 Å². The Bertz CT molecular complexity index is 1260. The van der Waals surface area contributed by atoms with Gasteiger partial charge < -0.3 is 9.64 Å². The number of benzene rings is 2. The van der Waals surface area contributed by atoms with Gasteiger partial charge in [0.1, 0.15) is 5.75 Å². The molecular weight excluding hydrogens is 390 g/mol. The second-order valence-corrected chi connectivity index (χ2v) is 7.49. The van der Waals surface area contributed by atoms with Crippen molar-refractivity contribution in [2.45, 2.75) is 5.16 Å². The molecule has 0 radical (unpaired) electrons. The minimum Gasteiger partial charge on any atom is -0.497 e. The molecule has 8 nitrogen and oxygen atoms in total. The molecule has 148 valence electrons. The highest BCUT2D eigenvalue weighted by molar-refractivity contribution is 7.99. The first-order chi connectivity index (χ1) is 14.0. The lowest BCUT2D eigenvalue weighted by molar-refractivity contribution is -0.125. The van der Waals surface area contributed by atoms with E-state index in [1.54, 1.807) is 51.5 Å². The summed E-state index contributed by atoms with van der Waals surface area (Å²) in [5.41, 5.74) is 1.16. The van der Waals surface area contributed by atoms with Gasteiger partial charge >= 0.3 is 0 Å². The van der Waals surface area contributed by atoms with Gasteiger partial charge in [-0.3, -0.25) is 14.0 Å². The number of hydrogen-bond acceptors (Lipinski definition) is 6. The summed E-state index contributed by atoms with van der Waals surface area (Å²) in [6.45, 7) is 0. The van der Waals surface area contributed by atoms with Crippen molar-refractivity contribution < 1.29 is 9.53 Å². The Morgan fingerprint density at radius 3 is 2.52 bits per heavy atom. The molecule has 0 saturated heterocycles. The number of ether oxygens (including phenoxy) is 1. The van der Waals surface area contributed by atoms with Crippen LogP contribution in [0.2, 0.25) is 0 Å². The zero-order valence-electron chi connectivity index (χ0n) is 16.2. The summed E-state index contributed by atoms with van der Waals surface area (Å²) in [4.78, 5) is 26.8. The number of thioether (sulfide) groups is 1. The number of amides is 1. The Kier molecular flexibility index (Phi) is 4.98. The maximum atomic E-state index is 13.2. The smallest absolute Gasteiger partial charge is 0.267 e. The SMILES string of the molecule is COc1ccc(-n2c(=O)c3ccccc3n3c(SCC(=O)N(C)C)nnc23)cc1. The van der Waals surface area contributed by atoms with E-state index in [1.807, 2.05) is 22.6 Å². The quantitative estimate of drug-likeness (QED) is 0.470. The van der Waals surface area contributed by atoms with Crippen LogP contribution < -0.4 is 10.3 Å². The minimum absolute atomic E-state index is 0.0282. The van der Waals surface area contributed by atoms with E-state index in [-0.39, 0.29) is 17.2 Å². The monoisotopic (exact) mass is 409 g/mol. The van der Waals surface area contributed by atoms with Gasteiger partial charge in [0.05, 0.1) is 29.5 Å². The van der Waals surface area contributed by atoms with Gasteiger partial charge in [-0.1, -0.05) is 23.9 Å². The lowest BCUT2D eigenvalue weighted by Crippen LogP contribution is -2.24.